The highest BCUT2D eigenvalue weighted by molar-refractivity contribution is 6.04. The maximum Gasteiger partial charge on any atom is 0.160 e. The summed E-state index contributed by atoms with van der Waals surface area (Å²) < 4.78 is 17.7. The van der Waals surface area contributed by atoms with Gasteiger partial charge in [-0.2, -0.15) is 0 Å². The average Bonchev–Trinajstić information content (AvgIpc) is 3.27. The van der Waals surface area contributed by atoms with Gasteiger partial charge in [0.25, 0.3) is 0 Å². The summed E-state index contributed by atoms with van der Waals surface area (Å²) in [6.45, 7) is 6.36. The average molecular weight is 508 g/mol. The van der Waals surface area contributed by atoms with Crippen LogP contribution in [0.2, 0.25) is 0 Å². The van der Waals surface area contributed by atoms with Crippen molar-refractivity contribution < 1.29 is 4.39 Å². The van der Waals surface area contributed by atoms with Crippen molar-refractivity contribution in [2.75, 3.05) is 0 Å². The largest absolute Gasteiger partial charge is 0.382 e. The molecule has 0 fully saturated rings. The van der Waals surface area contributed by atoms with Gasteiger partial charge in [-0.1, -0.05) is 55.5 Å². The first-order valence-corrected chi connectivity index (χ1v) is 12.5. The van der Waals surface area contributed by atoms with E-state index in [1.54, 1.807) is 6.07 Å². The number of hydrogen-bond donors (Lipinski definition) is 3. The molecule has 0 radical (unpaired) electrons. The fourth-order valence-electron chi connectivity index (χ4n) is 4.84. The number of aryl methyl sites for hydroxylation is 3. The molecule has 0 aliphatic carbocycles. The number of nitrogens with zero attached hydrogens (tertiary/aromatic N) is 4. The van der Waals surface area contributed by atoms with Crippen molar-refractivity contribution in [2.45, 2.75) is 33.7 Å². The van der Waals surface area contributed by atoms with Crippen LogP contribution >= 0.6 is 0 Å². The second-order valence-electron chi connectivity index (χ2n) is 9.28. The van der Waals surface area contributed by atoms with E-state index < -0.39 is 0 Å². The first-order valence-electron chi connectivity index (χ1n) is 12.5. The number of rotatable bonds is 7. The summed E-state index contributed by atoms with van der Waals surface area (Å²) in [4.78, 5) is 9.50. The molecule has 5 aromatic rings. The van der Waals surface area contributed by atoms with Gasteiger partial charge in [0.1, 0.15) is 17.2 Å². The number of nitrogens with two attached hydrogens (primary N) is 2. The van der Waals surface area contributed by atoms with Crippen molar-refractivity contribution in [3.05, 3.63) is 107 Å². The van der Waals surface area contributed by atoms with Crippen LogP contribution in [-0.2, 0) is 13.0 Å². The van der Waals surface area contributed by atoms with Gasteiger partial charge in [0, 0.05) is 23.2 Å². The van der Waals surface area contributed by atoms with Crippen LogP contribution in [0.3, 0.4) is 0 Å². The summed E-state index contributed by atoms with van der Waals surface area (Å²) >= 11 is 0. The van der Waals surface area contributed by atoms with Gasteiger partial charge in [-0.3, -0.25) is 0 Å². The van der Waals surface area contributed by atoms with Crippen molar-refractivity contribution >= 4 is 17.0 Å². The molecule has 0 saturated heterocycles. The lowest BCUT2D eigenvalue weighted by molar-refractivity contribution is 0.597. The summed E-state index contributed by atoms with van der Waals surface area (Å²) in [5.74, 6) is 6.14. The van der Waals surface area contributed by atoms with Gasteiger partial charge in [-0.15, -0.1) is 5.10 Å². The van der Waals surface area contributed by atoms with E-state index in [-0.39, 0.29) is 11.7 Å². The topological polar surface area (TPSA) is 107 Å². The Labute approximate surface area is 221 Å². The Balaban J connectivity index is 1.58. The molecule has 0 unspecified atom stereocenters. The molecule has 3 aromatic carbocycles. The van der Waals surface area contributed by atoms with E-state index in [9.17, 15) is 0 Å². The summed E-state index contributed by atoms with van der Waals surface area (Å²) in [7, 11) is 0. The fraction of sp³-hybridized carbons (Fsp3) is 0.167. The standard InChI is InChI=1S/C30H30FN7/c1-4-27-35-28-18(2)14-19(3)34-30(28)38(27)17-23-11-10-22(16-26(23)31)25-15-21(20-8-6-5-7-9-20)12-13-24(25)29(32)36-37-33/h5-16,37H,4,17,33H2,1-3H3,(H2,32,36). The predicted octanol–water partition coefficient (Wildman–Crippen LogP) is 5.22. The third-order valence-electron chi connectivity index (χ3n) is 6.70. The van der Waals surface area contributed by atoms with Crippen molar-refractivity contribution in [3.63, 3.8) is 0 Å². The lowest BCUT2D eigenvalue weighted by Gasteiger charge is -2.14. The Bertz CT molecular complexity index is 1660. The van der Waals surface area contributed by atoms with Crippen LogP contribution in [0.1, 0.15) is 35.1 Å². The molecule has 0 spiro atoms. The zero-order chi connectivity index (χ0) is 26.8. The predicted molar refractivity (Wildman–Crippen MR) is 151 cm³/mol. The molecule has 2 aromatic heterocycles. The SMILES string of the molecule is CCc1nc2c(C)cc(C)nc2n1Cc1ccc(-c2cc(-c3ccccc3)ccc2/C(N)=N/NN)cc1F. The van der Waals surface area contributed by atoms with E-state index in [2.05, 4.69) is 10.6 Å². The minimum Gasteiger partial charge on any atom is -0.382 e. The quantitative estimate of drug-likeness (QED) is 0.121. The number of imidazole rings is 1. The van der Waals surface area contributed by atoms with Crippen molar-refractivity contribution in [3.8, 4) is 22.3 Å². The molecule has 38 heavy (non-hydrogen) atoms. The second-order valence-corrected chi connectivity index (χ2v) is 9.28. The van der Waals surface area contributed by atoms with Gasteiger partial charge in [0.15, 0.2) is 11.5 Å². The highest BCUT2D eigenvalue weighted by Gasteiger charge is 2.17. The highest BCUT2D eigenvalue weighted by Crippen LogP contribution is 2.31. The number of halogens is 1. The molecule has 0 aliphatic heterocycles. The molecule has 5 rings (SSSR count). The molecule has 0 bridgehead atoms. The van der Waals surface area contributed by atoms with E-state index in [1.807, 2.05) is 92.1 Å². The van der Waals surface area contributed by atoms with Crippen LogP contribution in [0.25, 0.3) is 33.4 Å². The number of amidine groups is 1. The minimum atomic E-state index is -0.320. The lowest BCUT2D eigenvalue weighted by Crippen LogP contribution is -2.23. The fourth-order valence-corrected chi connectivity index (χ4v) is 4.84. The van der Waals surface area contributed by atoms with Crippen LogP contribution in [0.15, 0.2) is 77.9 Å². The molecule has 8 heteroatoms. The third-order valence-corrected chi connectivity index (χ3v) is 6.70. The molecule has 5 N–H and O–H groups in total. The Hall–Kier alpha value is -4.56. The molecular weight excluding hydrogens is 477 g/mol. The van der Waals surface area contributed by atoms with Gasteiger partial charge in [0.05, 0.1) is 6.54 Å². The highest BCUT2D eigenvalue weighted by atomic mass is 19.1. The van der Waals surface area contributed by atoms with Gasteiger partial charge in [-0.05, 0) is 65.9 Å². The molecule has 0 aliphatic rings. The van der Waals surface area contributed by atoms with Crippen LogP contribution in [0, 0.1) is 19.7 Å². The maximum atomic E-state index is 15.7. The molecule has 0 amide bonds. The first-order chi connectivity index (χ1) is 18.4. The van der Waals surface area contributed by atoms with Crippen molar-refractivity contribution in [1.82, 2.24) is 20.1 Å². The van der Waals surface area contributed by atoms with E-state index >= 15 is 4.39 Å². The Kier molecular flexibility index (Phi) is 6.89. The maximum absolute atomic E-state index is 15.7. The number of hydrazone groups is 1. The van der Waals surface area contributed by atoms with Crippen LogP contribution in [0.4, 0.5) is 4.39 Å². The number of hydrogen-bond acceptors (Lipinski definition) is 5. The molecule has 0 saturated carbocycles. The number of pyridine rings is 1. The summed E-state index contributed by atoms with van der Waals surface area (Å²) in [6, 6.07) is 23.1. The van der Waals surface area contributed by atoms with Crippen molar-refractivity contribution in [1.29, 1.82) is 0 Å². The van der Waals surface area contributed by atoms with E-state index in [4.69, 9.17) is 21.5 Å². The molecular formula is C30H30FN7. The van der Waals surface area contributed by atoms with E-state index in [0.717, 1.165) is 51.4 Å². The Morgan fingerprint density at radius 1 is 0.947 bits per heavy atom. The van der Waals surface area contributed by atoms with Crippen LogP contribution in [-0.4, -0.2) is 20.4 Å². The summed E-state index contributed by atoms with van der Waals surface area (Å²) in [5.41, 5.74) is 16.7. The molecule has 2 heterocycles. The second kappa shape index (κ2) is 10.4. The smallest absolute Gasteiger partial charge is 0.160 e. The number of benzene rings is 3. The Morgan fingerprint density at radius 2 is 1.71 bits per heavy atom. The van der Waals surface area contributed by atoms with E-state index in [1.165, 1.54) is 0 Å². The Morgan fingerprint density at radius 3 is 2.42 bits per heavy atom. The minimum absolute atomic E-state index is 0.209. The van der Waals surface area contributed by atoms with Gasteiger partial charge in [-0.25, -0.2) is 25.7 Å². The molecule has 7 nitrogen and oxygen atoms in total. The first kappa shape index (κ1) is 25.1. The third kappa shape index (κ3) is 4.73. The zero-order valence-electron chi connectivity index (χ0n) is 21.7. The molecule has 192 valence electrons. The summed E-state index contributed by atoms with van der Waals surface area (Å²) in [6.07, 6.45) is 0.720. The van der Waals surface area contributed by atoms with Gasteiger partial charge in [0.2, 0.25) is 0 Å². The van der Waals surface area contributed by atoms with Gasteiger partial charge < -0.3 is 10.3 Å². The summed E-state index contributed by atoms with van der Waals surface area (Å²) in [5, 5.41) is 3.95. The zero-order valence-corrected chi connectivity index (χ0v) is 21.7. The van der Waals surface area contributed by atoms with Crippen molar-refractivity contribution in [2.24, 2.45) is 16.7 Å². The van der Waals surface area contributed by atoms with Crippen LogP contribution < -0.4 is 17.1 Å². The number of nitrogens with one attached hydrogen (secondary N) is 1. The number of aromatic nitrogens is 3. The molecule has 0 atom stereocenters. The normalized spacial score (nSPS) is 11.8. The lowest BCUT2D eigenvalue weighted by atomic mass is 9.93. The number of hydrazine groups is 1. The van der Waals surface area contributed by atoms with E-state index in [0.29, 0.717) is 23.2 Å². The van der Waals surface area contributed by atoms with Gasteiger partial charge >= 0.3 is 0 Å². The monoisotopic (exact) mass is 507 g/mol. The number of fused-ring (bicyclic) bond motifs is 1. The van der Waals surface area contributed by atoms with Crippen LogP contribution in [0.5, 0.6) is 0 Å².